The molecule has 1 aromatic carbocycles. The molecule has 0 saturated heterocycles. The van der Waals surface area contributed by atoms with Gasteiger partial charge in [-0.3, -0.25) is 4.79 Å². The van der Waals surface area contributed by atoms with Crippen LogP contribution in [0.3, 0.4) is 0 Å². The molecule has 1 saturated carbocycles. The molecule has 2 aromatic rings. The summed E-state index contributed by atoms with van der Waals surface area (Å²) in [5.74, 6) is -4.24. The number of nitrogens with two attached hydrogens (primary N) is 1. The molecule has 4 N–H and O–H groups in total. The lowest BCUT2D eigenvalue weighted by atomic mass is 9.91. The minimum absolute atomic E-state index is 0.109. The Bertz CT molecular complexity index is 828. The molecule has 0 atom stereocenters. The van der Waals surface area contributed by atoms with Crippen LogP contribution in [0.1, 0.15) is 41.6 Å². The van der Waals surface area contributed by atoms with Gasteiger partial charge in [-0.2, -0.15) is 0 Å². The lowest BCUT2D eigenvalue weighted by Gasteiger charge is -2.30. The molecule has 27 heavy (non-hydrogen) atoms. The number of rotatable bonds is 4. The summed E-state index contributed by atoms with van der Waals surface area (Å²) in [6.45, 7) is 1.89. The van der Waals surface area contributed by atoms with Crippen molar-refractivity contribution in [3.63, 3.8) is 0 Å². The first-order valence-electron chi connectivity index (χ1n) is 8.77. The van der Waals surface area contributed by atoms with Gasteiger partial charge in [-0.1, -0.05) is 0 Å². The lowest BCUT2D eigenvalue weighted by molar-refractivity contribution is 0.0925. The summed E-state index contributed by atoms with van der Waals surface area (Å²) in [6.07, 6.45) is 4.72. The second-order valence-electron chi connectivity index (χ2n) is 6.85. The Morgan fingerprint density at radius 1 is 1.07 bits per heavy atom. The number of halogens is 3. The van der Waals surface area contributed by atoms with Gasteiger partial charge in [0.1, 0.15) is 5.82 Å². The highest BCUT2D eigenvalue weighted by atomic mass is 19.2. The van der Waals surface area contributed by atoms with Crippen molar-refractivity contribution in [1.29, 1.82) is 0 Å². The molecule has 1 aliphatic rings. The number of nitrogen functional groups attached to an aromatic ring is 1. The van der Waals surface area contributed by atoms with E-state index in [1.165, 1.54) is 0 Å². The first-order chi connectivity index (χ1) is 12.8. The largest absolute Gasteiger partial charge is 0.398 e. The van der Waals surface area contributed by atoms with Crippen molar-refractivity contribution in [2.45, 2.75) is 44.7 Å². The fourth-order valence-electron chi connectivity index (χ4n) is 3.16. The van der Waals surface area contributed by atoms with Crippen LogP contribution in [-0.2, 0) is 0 Å². The number of carbonyl (C=O) groups excluding carboxylic acids is 1. The molecule has 1 aromatic heterocycles. The highest BCUT2D eigenvalue weighted by Gasteiger charge is 2.24. The van der Waals surface area contributed by atoms with Crippen molar-refractivity contribution in [1.82, 2.24) is 10.3 Å². The van der Waals surface area contributed by atoms with Crippen molar-refractivity contribution in [3.8, 4) is 0 Å². The van der Waals surface area contributed by atoms with Crippen LogP contribution in [0, 0.1) is 24.4 Å². The third-order valence-corrected chi connectivity index (χ3v) is 4.81. The summed E-state index contributed by atoms with van der Waals surface area (Å²) in [5, 5.41) is 6.08. The Morgan fingerprint density at radius 2 is 1.67 bits per heavy atom. The zero-order valence-corrected chi connectivity index (χ0v) is 14.9. The van der Waals surface area contributed by atoms with Crippen LogP contribution in [0.15, 0.2) is 24.4 Å². The van der Waals surface area contributed by atoms with E-state index in [1.54, 1.807) is 12.3 Å². The average Bonchev–Trinajstić information content (AvgIpc) is 2.64. The molecule has 0 radical (unpaired) electrons. The highest BCUT2D eigenvalue weighted by molar-refractivity contribution is 5.94. The Morgan fingerprint density at radius 3 is 2.26 bits per heavy atom. The van der Waals surface area contributed by atoms with Gasteiger partial charge in [0.05, 0.1) is 0 Å². The second-order valence-corrected chi connectivity index (χ2v) is 6.85. The smallest absolute Gasteiger partial charge is 0.251 e. The van der Waals surface area contributed by atoms with Crippen LogP contribution in [-0.4, -0.2) is 23.0 Å². The van der Waals surface area contributed by atoms with Crippen LogP contribution in [0.5, 0.6) is 0 Å². The van der Waals surface area contributed by atoms with E-state index in [1.807, 2.05) is 6.92 Å². The van der Waals surface area contributed by atoms with E-state index in [2.05, 4.69) is 15.6 Å². The monoisotopic (exact) mass is 378 g/mol. The molecule has 3 rings (SSSR count). The molecule has 0 unspecified atom stereocenters. The minimum Gasteiger partial charge on any atom is -0.398 e. The summed E-state index contributed by atoms with van der Waals surface area (Å²) < 4.78 is 39.5. The van der Waals surface area contributed by atoms with Gasteiger partial charge in [0, 0.05) is 35.6 Å². The van der Waals surface area contributed by atoms with E-state index in [9.17, 15) is 18.0 Å². The van der Waals surface area contributed by atoms with E-state index in [0.717, 1.165) is 18.4 Å². The number of nitrogens with zero attached hydrogens (tertiary/aromatic N) is 1. The Hall–Kier alpha value is -2.77. The average molecular weight is 378 g/mol. The maximum Gasteiger partial charge on any atom is 0.251 e. The van der Waals surface area contributed by atoms with Crippen molar-refractivity contribution in [3.05, 3.63) is 53.0 Å². The Balaban J connectivity index is 1.53. The molecule has 144 valence electrons. The molecule has 1 heterocycles. The number of carbonyl (C=O) groups is 1. The number of aryl methyl sites for hydroxylation is 1. The molecule has 0 spiro atoms. The summed E-state index contributed by atoms with van der Waals surface area (Å²) in [6, 6.07) is 3.29. The molecule has 0 aliphatic heterocycles. The van der Waals surface area contributed by atoms with Gasteiger partial charge in [0.2, 0.25) is 0 Å². The first kappa shape index (κ1) is 19.0. The predicted molar refractivity (Wildman–Crippen MR) is 96.8 cm³/mol. The van der Waals surface area contributed by atoms with Crippen LogP contribution in [0.4, 0.5) is 24.7 Å². The molecule has 0 bridgehead atoms. The van der Waals surface area contributed by atoms with Gasteiger partial charge >= 0.3 is 0 Å². The van der Waals surface area contributed by atoms with Crippen LogP contribution < -0.4 is 16.4 Å². The van der Waals surface area contributed by atoms with Crippen LogP contribution in [0.25, 0.3) is 0 Å². The third-order valence-electron chi connectivity index (χ3n) is 4.81. The molecule has 1 aliphatic carbocycles. The fourth-order valence-corrected chi connectivity index (χ4v) is 3.16. The minimum atomic E-state index is -1.58. The van der Waals surface area contributed by atoms with Gasteiger partial charge in [-0.05, 0) is 50.3 Å². The van der Waals surface area contributed by atoms with Crippen molar-refractivity contribution in [2.75, 3.05) is 11.1 Å². The predicted octanol–water partition coefficient (Wildman–Crippen LogP) is 3.54. The maximum absolute atomic E-state index is 13.3. The Labute approximate surface area is 155 Å². The summed E-state index contributed by atoms with van der Waals surface area (Å²) >= 11 is 0. The van der Waals surface area contributed by atoms with Crippen molar-refractivity contribution < 1.29 is 18.0 Å². The number of hydrogen-bond donors (Lipinski definition) is 3. The highest BCUT2D eigenvalue weighted by Crippen LogP contribution is 2.23. The molecule has 1 fully saturated rings. The Kier molecular flexibility index (Phi) is 5.53. The quantitative estimate of drug-likeness (QED) is 0.711. The van der Waals surface area contributed by atoms with E-state index in [4.69, 9.17) is 5.73 Å². The normalized spacial score (nSPS) is 19.6. The zero-order valence-electron chi connectivity index (χ0n) is 14.9. The standard InChI is InChI=1S/C19H21F3N4O/c1-10-9-24-17(8-16(10)23)25-12-2-4-13(5-3-12)26-19(27)11-6-14(20)18(22)15(21)7-11/h6-9,12-13H,2-5H2,1H3,(H,26,27)(H3,23,24,25). The summed E-state index contributed by atoms with van der Waals surface area (Å²) in [4.78, 5) is 16.5. The molecule has 1 amide bonds. The number of nitrogens with one attached hydrogen (secondary N) is 2. The van der Waals surface area contributed by atoms with E-state index < -0.39 is 23.4 Å². The number of amides is 1. The molecular formula is C19H21F3N4O. The van der Waals surface area contributed by atoms with Gasteiger partial charge < -0.3 is 16.4 Å². The van der Waals surface area contributed by atoms with Gasteiger partial charge in [-0.25, -0.2) is 18.2 Å². The third kappa shape index (κ3) is 4.50. The van der Waals surface area contributed by atoms with E-state index in [-0.39, 0.29) is 17.6 Å². The van der Waals surface area contributed by atoms with Crippen molar-refractivity contribution >= 4 is 17.4 Å². The SMILES string of the molecule is Cc1cnc(NC2CCC(NC(=O)c3cc(F)c(F)c(F)c3)CC2)cc1N. The van der Waals surface area contributed by atoms with Gasteiger partial charge in [0.15, 0.2) is 17.5 Å². The second kappa shape index (κ2) is 7.85. The van der Waals surface area contributed by atoms with Gasteiger partial charge in [-0.15, -0.1) is 0 Å². The molecule has 5 nitrogen and oxygen atoms in total. The molecule has 8 heteroatoms. The number of aromatic nitrogens is 1. The number of benzene rings is 1. The number of pyridine rings is 1. The number of hydrogen-bond acceptors (Lipinski definition) is 4. The summed E-state index contributed by atoms with van der Waals surface area (Å²) in [5.41, 5.74) is 7.24. The molecular weight excluding hydrogens is 357 g/mol. The van der Waals surface area contributed by atoms with Crippen molar-refractivity contribution in [2.24, 2.45) is 0 Å². The van der Waals surface area contributed by atoms with Gasteiger partial charge in [0.25, 0.3) is 5.91 Å². The lowest BCUT2D eigenvalue weighted by Crippen LogP contribution is -2.40. The maximum atomic E-state index is 13.3. The van der Waals surface area contributed by atoms with Crippen LogP contribution in [0.2, 0.25) is 0 Å². The zero-order chi connectivity index (χ0) is 19.6. The van der Waals surface area contributed by atoms with E-state index in [0.29, 0.717) is 36.5 Å². The fraction of sp³-hybridized carbons (Fsp3) is 0.368. The number of anilines is 2. The summed E-state index contributed by atoms with van der Waals surface area (Å²) in [7, 11) is 0. The topological polar surface area (TPSA) is 80.0 Å². The first-order valence-corrected chi connectivity index (χ1v) is 8.77. The van der Waals surface area contributed by atoms with E-state index >= 15 is 0 Å². The van der Waals surface area contributed by atoms with Crippen LogP contribution >= 0.6 is 0 Å².